The van der Waals surface area contributed by atoms with Gasteiger partial charge in [0.25, 0.3) is 0 Å². The van der Waals surface area contributed by atoms with Crippen LogP contribution in [-0.4, -0.2) is 10.5 Å². The lowest BCUT2D eigenvalue weighted by Crippen LogP contribution is -2.24. The van der Waals surface area contributed by atoms with Gasteiger partial charge in [0.2, 0.25) is 0 Å². The van der Waals surface area contributed by atoms with Gasteiger partial charge in [-0.1, -0.05) is 0 Å². The van der Waals surface area contributed by atoms with Crippen molar-refractivity contribution < 1.29 is 29.8 Å². The lowest BCUT2D eigenvalue weighted by molar-refractivity contribution is -0.432. The highest BCUT2D eigenvalue weighted by molar-refractivity contribution is 7.40. The fourth-order valence-corrected chi connectivity index (χ4v) is 0. The second-order valence-corrected chi connectivity index (χ2v) is 1.34. The monoisotopic (exact) mass is 129 g/mol. The fraction of sp³-hybridized carbons (Fsp3) is 0. The molecule has 0 aliphatic heterocycles. The van der Waals surface area contributed by atoms with Gasteiger partial charge < -0.3 is 19.2 Å². The van der Waals surface area contributed by atoms with E-state index < -0.39 is 7.82 Å². The van der Waals surface area contributed by atoms with E-state index in [4.69, 9.17) is 29.8 Å². The summed E-state index contributed by atoms with van der Waals surface area (Å²) in [5, 5.41) is 12.0. The third-order valence-corrected chi connectivity index (χ3v) is 0. The van der Waals surface area contributed by atoms with Crippen LogP contribution in [0.2, 0.25) is 0 Å². The average Bonchev–Trinajstić information content (AvgIpc) is 1.36. The standard InChI is InChI=1S/H3O4P.H2O2/c1-5(2,3)4;1-2/h(H3,1,2,3,4);1-2H/p-3. The molecule has 0 aromatic carbocycles. The largest absolute Gasteiger partial charge is 0.822 e. The van der Waals surface area contributed by atoms with Crippen LogP contribution in [0.1, 0.15) is 0 Å². The molecule has 0 unspecified atom stereocenters. The van der Waals surface area contributed by atoms with Gasteiger partial charge in [-0.05, 0) is 0 Å². The molecule has 0 fully saturated rings. The van der Waals surface area contributed by atoms with E-state index >= 15 is 0 Å². The molecule has 7 heavy (non-hydrogen) atoms. The first kappa shape index (κ1) is 10.1. The summed E-state index contributed by atoms with van der Waals surface area (Å²) in [6, 6.07) is 0. The van der Waals surface area contributed by atoms with Crippen LogP contribution in [0.15, 0.2) is 0 Å². The third-order valence-electron chi connectivity index (χ3n) is 0. The Morgan fingerprint density at radius 3 is 1.14 bits per heavy atom. The Bertz CT molecular complexity index is 50.3. The molecule has 0 saturated carbocycles. The molecule has 0 heterocycles. The van der Waals surface area contributed by atoms with Crippen LogP contribution in [0.5, 0.6) is 0 Å². The Morgan fingerprint density at radius 1 is 1.14 bits per heavy atom. The summed E-state index contributed by atoms with van der Waals surface area (Å²) in [5.74, 6) is 0. The molecule has 0 amide bonds. The molecule has 0 aliphatic carbocycles. The predicted molar refractivity (Wildman–Crippen MR) is 12.9 cm³/mol. The van der Waals surface area contributed by atoms with Gasteiger partial charge in [0.1, 0.15) is 0 Å². The van der Waals surface area contributed by atoms with Crippen LogP contribution in [0.3, 0.4) is 0 Å². The van der Waals surface area contributed by atoms with E-state index in [0.29, 0.717) is 0 Å². The van der Waals surface area contributed by atoms with Crippen LogP contribution in [0, 0.1) is 0 Å². The Balaban J connectivity index is 0. The third kappa shape index (κ3) is 109000. The molecule has 0 aliphatic rings. The first-order chi connectivity index (χ1) is 3.00. The topological polar surface area (TPSA) is 127 Å². The van der Waals surface area contributed by atoms with Crippen LogP contribution in [0.25, 0.3) is 0 Å². The first-order valence-electron chi connectivity index (χ1n) is 0.930. The van der Waals surface area contributed by atoms with Crippen molar-refractivity contribution in [3.8, 4) is 0 Å². The van der Waals surface area contributed by atoms with Crippen molar-refractivity contribution in [1.82, 2.24) is 0 Å². The maximum absolute atomic E-state index is 8.55. The first-order valence-corrected chi connectivity index (χ1v) is 2.39. The molecule has 2 N–H and O–H groups in total. The maximum Gasteiger partial charge on any atom is -0.159 e. The molecule has 0 bridgehead atoms. The highest BCUT2D eigenvalue weighted by Crippen LogP contribution is 2.03. The lowest BCUT2D eigenvalue weighted by Gasteiger charge is -2.36. The van der Waals surface area contributed by atoms with E-state index in [2.05, 4.69) is 0 Å². The smallest absolute Gasteiger partial charge is 0.159 e. The molecule has 0 spiro atoms. The fourth-order valence-electron chi connectivity index (χ4n) is 0. The minimum absolute atomic E-state index is 5.39. The van der Waals surface area contributed by atoms with Crippen molar-refractivity contribution in [3.05, 3.63) is 0 Å². The Hall–Kier alpha value is 0.0300. The lowest BCUT2D eigenvalue weighted by atomic mass is 15.0. The van der Waals surface area contributed by atoms with E-state index in [-0.39, 0.29) is 0 Å². The highest BCUT2D eigenvalue weighted by Gasteiger charge is 1.44. The van der Waals surface area contributed by atoms with Gasteiger partial charge in [0.05, 0.1) is 0 Å². The van der Waals surface area contributed by atoms with Gasteiger partial charge >= 0.3 is 0 Å². The van der Waals surface area contributed by atoms with Crippen molar-refractivity contribution in [2.24, 2.45) is 0 Å². The molecule has 0 saturated heterocycles. The Labute approximate surface area is 38.8 Å². The highest BCUT2D eigenvalue weighted by atomic mass is 31.2. The minimum Gasteiger partial charge on any atom is -0.822 e. The van der Waals surface area contributed by atoms with Gasteiger partial charge in [0.15, 0.2) is 0 Å². The van der Waals surface area contributed by atoms with Crippen LogP contribution in [-0.2, 0) is 4.57 Å². The van der Waals surface area contributed by atoms with Crippen molar-refractivity contribution in [3.63, 3.8) is 0 Å². The molecule has 0 aromatic heterocycles. The summed E-state index contributed by atoms with van der Waals surface area (Å²) in [6.45, 7) is 0. The van der Waals surface area contributed by atoms with Crippen molar-refractivity contribution >= 4 is 7.82 Å². The molecule has 0 rings (SSSR count). The van der Waals surface area contributed by atoms with Crippen molar-refractivity contribution in [2.75, 3.05) is 0 Å². The summed E-state index contributed by atoms with van der Waals surface area (Å²) in [6.07, 6.45) is 0. The van der Waals surface area contributed by atoms with Crippen molar-refractivity contribution in [2.45, 2.75) is 0 Å². The molecular weight excluding hydrogens is 127 g/mol. The number of rotatable bonds is 0. The second kappa shape index (κ2) is 4.20. The summed E-state index contributed by atoms with van der Waals surface area (Å²) in [5.41, 5.74) is 0. The summed E-state index contributed by atoms with van der Waals surface area (Å²) in [4.78, 5) is 25.6. The zero-order valence-electron chi connectivity index (χ0n) is 2.97. The summed E-state index contributed by atoms with van der Waals surface area (Å²) >= 11 is 0. The molecule has 0 aromatic rings. The molecule has 0 atom stereocenters. The Morgan fingerprint density at radius 2 is 1.14 bits per heavy atom. The van der Waals surface area contributed by atoms with Gasteiger partial charge in [-0.25, -0.2) is 0 Å². The van der Waals surface area contributed by atoms with E-state index in [1.165, 1.54) is 0 Å². The molecule has 6 nitrogen and oxygen atoms in total. The SMILES string of the molecule is O=P([O-])([O-])[O-].OO. The van der Waals surface area contributed by atoms with E-state index in [1.807, 2.05) is 0 Å². The van der Waals surface area contributed by atoms with Crippen LogP contribution < -0.4 is 14.7 Å². The Kier molecular flexibility index (Phi) is 6.06. The molecule has 0 radical (unpaired) electrons. The van der Waals surface area contributed by atoms with Crippen molar-refractivity contribution in [1.29, 1.82) is 0 Å². The van der Waals surface area contributed by atoms with Gasteiger partial charge in [-0.15, -0.1) is 0 Å². The molecule has 7 heteroatoms. The zero-order chi connectivity index (χ0) is 6.50. The van der Waals surface area contributed by atoms with Gasteiger partial charge in [0, 0.05) is 0 Å². The van der Waals surface area contributed by atoms with E-state index in [0.717, 1.165) is 0 Å². The second-order valence-electron chi connectivity index (χ2n) is 0.447. The zero-order valence-corrected chi connectivity index (χ0v) is 3.87. The van der Waals surface area contributed by atoms with Crippen LogP contribution in [0.4, 0.5) is 0 Å². The molecule has 46 valence electrons. The number of phosphoric acid groups is 1. The van der Waals surface area contributed by atoms with Gasteiger partial charge in [-0.2, -0.15) is 7.82 Å². The van der Waals surface area contributed by atoms with E-state index in [9.17, 15) is 0 Å². The predicted octanol–water partition coefficient (Wildman–Crippen LogP) is -2.81. The minimum atomic E-state index is -5.39. The average molecular weight is 129 g/mol. The molecular formula is H2O6P-3. The quantitative estimate of drug-likeness (QED) is 0.206. The van der Waals surface area contributed by atoms with Gasteiger partial charge in [-0.3, -0.25) is 10.5 Å². The number of hydrogen-bond acceptors (Lipinski definition) is 6. The van der Waals surface area contributed by atoms with E-state index in [1.54, 1.807) is 0 Å². The normalized spacial score (nSPS) is 9.29. The summed E-state index contributed by atoms with van der Waals surface area (Å²) in [7, 11) is -5.39. The maximum atomic E-state index is 8.55. The number of hydrogen-bond donors (Lipinski definition) is 2. The summed E-state index contributed by atoms with van der Waals surface area (Å²) < 4.78 is 8.55. The van der Waals surface area contributed by atoms with Crippen LogP contribution >= 0.6 is 7.82 Å².